The summed E-state index contributed by atoms with van der Waals surface area (Å²) in [4.78, 5) is 19.6. The molecule has 7 rings (SSSR count). The lowest BCUT2D eigenvalue weighted by molar-refractivity contribution is -0.121. The lowest BCUT2D eigenvalue weighted by atomic mass is 9.84. The van der Waals surface area contributed by atoms with E-state index < -0.39 is 18.4 Å². The van der Waals surface area contributed by atoms with E-state index in [1.54, 1.807) is 18.2 Å². The van der Waals surface area contributed by atoms with Gasteiger partial charge in [0.2, 0.25) is 0 Å². The number of aliphatic hydroxyl groups is 2. The number of aliphatic hydroxyl groups excluding tert-OH is 2. The standard InChI is InChI=1S/C39H44N4O5/c1-23-5-9-25(10-6-23)36(47)19-27(44)11-7-24-8-14-35(46)37(17-24)48-38-4-2-3-34(45)29-12-13-30-28(15-16-41-39(30)40)31(29)18-26-20-42-33-22-43(38)21-32(26)33/h5,8-9,12-14,17,20-21,23,25,34,36,38-39,41,45-47H,4,6-7,10-11,15-16,18-19,22,40H2,1H3. The Balaban J connectivity index is 1.08. The Hall–Kier alpha value is -4.20. The number of Topliss-reactive ketones (excluding diaryl/α,β-unsaturated/α-hetero) is 1. The molecule has 0 amide bonds. The number of rotatable bonds is 8. The normalized spacial score (nSPS) is 26.5. The molecule has 6 unspecified atom stereocenters. The zero-order chi connectivity index (χ0) is 33.4. The lowest BCUT2D eigenvalue weighted by Gasteiger charge is -2.29. The number of ether oxygens (including phenoxy) is 1. The fourth-order valence-corrected chi connectivity index (χ4v) is 7.48. The monoisotopic (exact) mass is 648 g/mol. The van der Waals surface area contributed by atoms with Crippen LogP contribution in [-0.4, -0.2) is 57.1 Å². The van der Waals surface area contributed by atoms with Gasteiger partial charge in [-0.25, -0.2) is 0 Å². The third-order valence-electron chi connectivity index (χ3n) is 10.3. The van der Waals surface area contributed by atoms with E-state index in [0.717, 1.165) is 64.9 Å². The predicted octanol–water partition coefficient (Wildman–Crippen LogP) is 4.28. The van der Waals surface area contributed by atoms with Gasteiger partial charge in [-0.3, -0.25) is 15.1 Å². The average molecular weight is 649 g/mol. The molecule has 9 nitrogen and oxygen atoms in total. The number of phenolic OH excluding ortho intramolecular Hbond substituents is 1. The van der Waals surface area contributed by atoms with Crippen LogP contribution < -0.4 is 15.8 Å². The summed E-state index contributed by atoms with van der Waals surface area (Å²) in [6.07, 6.45) is 10.3. The second kappa shape index (κ2) is 13.7. The van der Waals surface area contributed by atoms with Gasteiger partial charge in [0.25, 0.3) is 0 Å². The van der Waals surface area contributed by atoms with Crippen molar-refractivity contribution < 1.29 is 24.9 Å². The summed E-state index contributed by atoms with van der Waals surface area (Å²) in [6.45, 7) is 3.47. The van der Waals surface area contributed by atoms with Crippen molar-refractivity contribution in [2.75, 3.05) is 13.1 Å². The molecule has 0 saturated carbocycles. The molecule has 4 aliphatic heterocycles. The van der Waals surface area contributed by atoms with Gasteiger partial charge < -0.3 is 30.7 Å². The van der Waals surface area contributed by atoms with Crippen LogP contribution in [0, 0.1) is 23.7 Å². The Labute approximate surface area is 281 Å². The molecule has 2 aromatic rings. The Bertz CT molecular complexity index is 1780. The van der Waals surface area contributed by atoms with Gasteiger partial charge in [-0.1, -0.05) is 49.1 Å². The van der Waals surface area contributed by atoms with Gasteiger partial charge in [-0.15, -0.1) is 0 Å². The number of ketones is 1. The van der Waals surface area contributed by atoms with E-state index in [0.29, 0.717) is 37.5 Å². The molecule has 5 aliphatic rings. The summed E-state index contributed by atoms with van der Waals surface area (Å²) < 4.78 is 6.44. The number of allylic oxidation sites excluding steroid dienone is 2. The number of benzene rings is 2. The van der Waals surface area contributed by atoms with Crippen molar-refractivity contribution in [3.63, 3.8) is 0 Å². The number of aromatic hydroxyl groups is 1. The van der Waals surface area contributed by atoms with Crippen molar-refractivity contribution in [2.45, 2.75) is 82.9 Å². The highest BCUT2D eigenvalue weighted by atomic mass is 16.5. The van der Waals surface area contributed by atoms with Crippen LogP contribution in [0.1, 0.15) is 79.1 Å². The fraction of sp³-hybridized carbons (Fsp3) is 0.436. The Morgan fingerprint density at radius 3 is 2.88 bits per heavy atom. The zero-order valence-electron chi connectivity index (χ0n) is 27.4. The summed E-state index contributed by atoms with van der Waals surface area (Å²) in [6, 6.07) is 9.09. The Kier molecular flexibility index (Phi) is 9.25. The van der Waals surface area contributed by atoms with E-state index in [2.05, 4.69) is 42.4 Å². The van der Waals surface area contributed by atoms with Crippen LogP contribution in [0.4, 0.5) is 0 Å². The van der Waals surface area contributed by atoms with Gasteiger partial charge in [0, 0.05) is 49.7 Å². The number of phenols is 1. The van der Waals surface area contributed by atoms with E-state index in [1.807, 2.05) is 23.2 Å². The largest absolute Gasteiger partial charge is 0.504 e. The number of carbonyl (C=O) groups is 1. The van der Waals surface area contributed by atoms with Crippen molar-refractivity contribution in [1.82, 2.24) is 10.2 Å². The number of nitrogens with zero attached hydrogens (tertiary/aromatic N) is 2. The van der Waals surface area contributed by atoms with Crippen molar-refractivity contribution in [1.29, 1.82) is 0 Å². The molecule has 0 spiro atoms. The van der Waals surface area contributed by atoms with Crippen LogP contribution in [0.5, 0.6) is 11.5 Å². The molecule has 2 bridgehead atoms. The molecule has 0 radical (unpaired) electrons. The van der Waals surface area contributed by atoms with Gasteiger partial charge in [0.1, 0.15) is 11.9 Å². The summed E-state index contributed by atoms with van der Waals surface area (Å²) >= 11 is 0. The van der Waals surface area contributed by atoms with Gasteiger partial charge in [0.05, 0.1) is 30.9 Å². The molecule has 250 valence electrons. The molecule has 9 heteroatoms. The number of aliphatic imine (C=N–C) groups is 1. The van der Waals surface area contributed by atoms with Crippen LogP contribution in [0.2, 0.25) is 0 Å². The number of fused-ring (bicyclic) bond motifs is 4. The van der Waals surface area contributed by atoms with Crippen molar-refractivity contribution >= 4 is 11.5 Å². The first-order chi connectivity index (χ1) is 23.2. The predicted molar refractivity (Wildman–Crippen MR) is 184 cm³/mol. The SMILES string of the molecule is CC1C=CC(C(O)CC(=O)CCc2ccc(O)c(OC3CC#CC(O)c4ccc5c(c4CC4=CN=C6CN3C=C46)CCNC5N)c2)CC1. The Morgan fingerprint density at radius 2 is 2.04 bits per heavy atom. The van der Waals surface area contributed by atoms with Crippen LogP contribution in [-0.2, 0) is 24.1 Å². The van der Waals surface area contributed by atoms with Gasteiger partial charge in [-0.2, -0.15) is 0 Å². The number of nitrogens with two attached hydrogens (primary N) is 1. The smallest absolute Gasteiger partial charge is 0.183 e. The van der Waals surface area contributed by atoms with Crippen LogP contribution >= 0.6 is 0 Å². The van der Waals surface area contributed by atoms with E-state index in [4.69, 9.17) is 15.5 Å². The van der Waals surface area contributed by atoms with E-state index in [9.17, 15) is 20.1 Å². The first kappa shape index (κ1) is 32.4. The average Bonchev–Trinajstić information content (AvgIpc) is 3.66. The van der Waals surface area contributed by atoms with Crippen molar-refractivity contribution in [3.05, 3.63) is 93.8 Å². The minimum atomic E-state index is -0.981. The number of hydrogen-bond donors (Lipinski definition) is 5. The number of aryl methyl sites for hydroxylation is 1. The molecule has 0 fully saturated rings. The molecule has 2 aromatic carbocycles. The number of nitrogens with one attached hydrogen (secondary N) is 1. The second-order valence-corrected chi connectivity index (χ2v) is 13.7. The van der Waals surface area contributed by atoms with Crippen molar-refractivity contribution in [2.24, 2.45) is 22.6 Å². The van der Waals surface area contributed by atoms with Gasteiger partial charge in [0.15, 0.2) is 17.7 Å². The first-order valence-corrected chi connectivity index (χ1v) is 17.1. The number of hydrogen-bond acceptors (Lipinski definition) is 9. The van der Waals surface area contributed by atoms with E-state index in [1.165, 1.54) is 5.56 Å². The minimum Gasteiger partial charge on any atom is -0.504 e. The third kappa shape index (κ3) is 6.71. The third-order valence-corrected chi connectivity index (χ3v) is 10.3. The highest BCUT2D eigenvalue weighted by molar-refractivity contribution is 6.09. The highest BCUT2D eigenvalue weighted by Gasteiger charge is 2.33. The van der Waals surface area contributed by atoms with Crippen LogP contribution in [0.15, 0.2) is 71.0 Å². The van der Waals surface area contributed by atoms with E-state index >= 15 is 0 Å². The fourth-order valence-electron chi connectivity index (χ4n) is 7.48. The maximum Gasteiger partial charge on any atom is 0.183 e. The molecule has 0 saturated heterocycles. The zero-order valence-corrected chi connectivity index (χ0v) is 27.4. The second-order valence-electron chi connectivity index (χ2n) is 13.7. The molecule has 0 aromatic heterocycles. The molecular formula is C39H44N4O5. The van der Waals surface area contributed by atoms with Crippen LogP contribution in [0.3, 0.4) is 0 Å². The minimum absolute atomic E-state index is 0.00529. The quantitative estimate of drug-likeness (QED) is 0.211. The molecule has 1 aliphatic carbocycles. The molecule has 48 heavy (non-hydrogen) atoms. The highest BCUT2D eigenvalue weighted by Crippen LogP contribution is 2.37. The molecule has 6 atom stereocenters. The maximum absolute atomic E-state index is 12.8. The molecular weight excluding hydrogens is 604 g/mol. The summed E-state index contributed by atoms with van der Waals surface area (Å²) in [7, 11) is 0. The molecule has 4 heterocycles. The number of carbonyl (C=O) groups excluding carboxylic acids is 1. The summed E-state index contributed by atoms with van der Waals surface area (Å²) in [5.41, 5.74) is 14.4. The van der Waals surface area contributed by atoms with Crippen LogP contribution in [0.25, 0.3) is 0 Å². The first-order valence-electron chi connectivity index (χ1n) is 17.1. The topological polar surface area (TPSA) is 141 Å². The summed E-state index contributed by atoms with van der Waals surface area (Å²) in [5.74, 6) is 7.07. The van der Waals surface area contributed by atoms with E-state index in [-0.39, 0.29) is 36.5 Å². The van der Waals surface area contributed by atoms with Crippen molar-refractivity contribution in [3.8, 4) is 23.3 Å². The van der Waals surface area contributed by atoms with Gasteiger partial charge in [-0.05, 0) is 77.1 Å². The molecule has 6 N–H and O–H groups in total. The maximum atomic E-state index is 12.8. The lowest BCUT2D eigenvalue weighted by Crippen LogP contribution is -2.36. The van der Waals surface area contributed by atoms with Gasteiger partial charge >= 0.3 is 0 Å². The Morgan fingerprint density at radius 1 is 1.19 bits per heavy atom. The summed E-state index contributed by atoms with van der Waals surface area (Å²) in [5, 5.41) is 36.1.